The standard InChI is InChI=1S/C13H11BrFN7O4S/c14-8-5-7(1-2-9(8)15)22-12(21-25-13(22)24)10-11(20-26-19-10)16-3-4-17-27-18-6-23/h1-2,5-6,17H,3-4H2,(H,16,20)(H,18,23). The van der Waals surface area contributed by atoms with Gasteiger partial charge in [0.2, 0.25) is 18.1 Å². The number of amides is 1. The summed E-state index contributed by atoms with van der Waals surface area (Å²) < 4.78 is 29.4. The average molecular weight is 460 g/mol. The van der Waals surface area contributed by atoms with Crippen LogP contribution in [0.25, 0.3) is 17.2 Å². The predicted molar refractivity (Wildman–Crippen MR) is 96.3 cm³/mol. The van der Waals surface area contributed by atoms with Gasteiger partial charge in [0, 0.05) is 25.2 Å². The van der Waals surface area contributed by atoms with Crippen molar-refractivity contribution in [3.63, 3.8) is 0 Å². The first-order valence-electron chi connectivity index (χ1n) is 7.30. The molecule has 3 N–H and O–H groups in total. The van der Waals surface area contributed by atoms with E-state index >= 15 is 0 Å². The van der Waals surface area contributed by atoms with Gasteiger partial charge in [-0.15, -0.1) is 0 Å². The molecule has 0 saturated heterocycles. The Morgan fingerprint density at radius 2 is 2.15 bits per heavy atom. The van der Waals surface area contributed by atoms with Crippen LogP contribution in [0.5, 0.6) is 0 Å². The van der Waals surface area contributed by atoms with E-state index in [1.165, 1.54) is 18.2 Å². The van der Waals surface area contributed by atoms with Crippen molar-refractivity contribution in [2.24, 2.45) is 0 Å². The Balaban J connectivity index is 1.82. The van der Waals surface area contributed by atoms with Gasteiger partial charge in [0.25, 0.3) is 0 Å². The second kappa shape index (κ2) is 8.79. The Labute approximate surface area is 163 Å². The Morgan fingerprint density at radius 1 is 1.30 bits per heavy atom. The molecule has 0 radical (unpaired) electrons. The number of carbonyl (C=O) groups is 1. The third kappa shape index (κ3) is 4.35. The lowest BCUT2D eigenvalue weighted by molar-refractivity contribution is -0.107. The lowest BCUT2D eigenvalue weighted by Gasteiger charge is -2.06. The van der Waals surface area contributed by atoms with Crippen molar-refractivity contribution in [2.75, 3.05) is 18.4 Å². The zero-order valence-electron chi connectivity index (χ0n) is 13.3. The van der Waals surface area contributed by atoms with Crippen molar-refractivity contribution >= 4 is 40.3 Å². The molecular formula is C13H11BrFN7O4S. The first-order valence-corrected chi connectivity index (χ1v) is 8.91. The molecule has 0 unspecified atom stereocenters. The van der Waals surface area contributed by atoms with Crippen LogP contribution in [0, 0.1) is 5.82 Å². The van der Waals surface area contributed by atoms with Gasteiger partial charge in [-0.25, -0.2) is 23.1 Å². The van der Waals surface area contributed by atoms with Crippen LogP contribution in [-0.4, -0.2) is 39.5 Å². The minimum Gasteiger partial charge on any atom is -0.364 e. The maximum absolute atomic E-state index is 13.5. The topological polar surface area (TPSA) is 140 Å². The van der Waals surface area contributed by atoms with Crippen LogP contribution in [0.3, 0.4) is 0 Å². The van der Waals surface area contributed by atoms with E-state index in [9.17, 15) is 14.0 Å². The molecule has 142 valence electrons. The number of hydrogen-bond donors (Lipinski definition) is 3. The Hall–Kier alpha value is -2.71. The van der Waals surface area contributed by atoms with Crippen molar-refractivity contribution in [1.82, 2.24) is 29.5 Å². The van der Waals surface area contributed by atoms with Gasteiger partial charge in [0.15, 0.2) is 5.69 Å². The summed E-state index contributed by atoms with van der Waals surface area (Å²) in [5.74, 6) is -0.999. The summed E-state index contributed by atoms with van der Waals surface area (Å²) in [6.45, 7) is 0.868. The molecule has 27 heavy (non-hydrogen) atoms. The first-order chi connectivity index (χ1) is 13.1. The highest BCUT2D eigenvalue weighted by Crippen LogP contribution is 2.25. The van der Waals surface area contributed by atoms with E-state index in [1.54, 1.807) is 0 Å². The van der Waals surface area contributed by atoms with Crippen LogP contribution >= 0.6 is 28.1 Å². The summed E-state index contributed by atoms with van der Waals surface area (Å²) in [5.41, 5.74) is 0.455. The maximum atomic E-state index is 13.5. The van der Waals surface area contributed by atoms with Gasteiger partial charge in [-0.05, 0) is 44.4 Å². The minimum atomic E-state index is -0.782. The largest absolute Gasteiger partial charge is 0.446 e. The van der Waals surface area contributed by atoms with Crippen molar-refractivity contribution in [3.05, 3.63) is 39.0 Å². The highest BCUT2D eigenvalue weighted by Gasteiger charge is 2.22. The van der Waals surface area contributed by atoms with E-state index in [0.717, 1.165) is 16.7 Å². The van der Waals surface area contributed by atoms with E-state index in [-0.39, 0.29) is 21.8 Å². The Morgan fingerprint density at radius 3 is 2.93 bits per heavy atom. The number of benzene rings is 1. The lowest BCUT2D eigenvalue weighted by Crippen LogP contribution is -2.20. The van der Waals surface area contributed by atoms with Crippen LogP contribution in [0.15, 0.2) is 36.6 Å². The Bertz CT molecular complexity index is 991. The summed E-state index contributed by atoms with van der Waals surface area (Å²) in [7, 11) is 0. The molecule has 0 aliphatic carbocycles. The molecule has 0 atom stereocenters. The van der Waals surface area contributed by atoms with E-state index in [1.807, 2.05) is 0 Å². The second-order valence-corrected chi connectivity index (χ2v) is 6.41. The third-order valence-electron chi connectivity index (χ3n) is 3.17. The summed E-state index contributed by atoms with van der Waals surface area (Å²) >= 11 is 4.09. The summed E-state index contributed by atoms with van der Waals surface area (Å²) in [5, 5.41) is 14.1. The highest BCUT2D eigenvalue weighted by atomic mass is 79.9. The molecule has 2 heterocycles. The number of rotatable bonds is 9. The minimum absolute atomic E-state index is 0.0345. The van der Waals surface area contributed by atoms with Crippen LogP contribution in [0.2, 0.25) is 0 Å². The molecule has 0 saturated carbocycles. The maximum Gasteiger partial charge on any atom is 0.446 e. The van der Waals surface area contributed by atoms with Gasteiger partial charge in [0.1, 0.15) is 5.82 Å². The van der Waals surface area contributed by atoms with Crippen LogP contribution < -0.4 is 20.5 Å². The summed E-state index contributed by atoms with van der Waals surface area (Å²) in [4.78, 5) is 22.2. The number of halogens is 2. The normalized spacial score (nSPS) is 10.7. The molecule has 2 aromatic heterocycles. The van der Waals surface area contributed by atoms with Crippen molar-refractivity contribution in [3.8, 4) is 17.2 Å². The van der Waals surface area contributed by atoms with E-state index in [2.05, 4.69) is 46.2 Å². The monoisotopic (exact) mass is 459 g/mol. The van der Waals surface area contributed by atoms with Gasteiger partial charge >= 0.3 is 5.76 Å². The van der Waals surface area contributed by atoms with Crippen molar-refractivity contribution < 1.29 is 18.3 Å². The van der Waals surface area contributed by atoms with Crippen LogP contribution in [0.4, 0.5) is 10.2 Å². The molecule has 1 amide bonds. The molecule has 14 heteroatoms. The molecule has 3 aromatic rings. The summed E-state index contributed by atoms with van der Waals surface area (Å²) in [6.07, 6.45) is 0.544. The molecule has 0 aliphatic rings. The fraction of sp³-hybridized carbons (Fsp3) is 0.154. The van der Waals surface area contributed by atoms with Gasteiger partial charge in [-0.3, -0.25) is 14.0 Å². The number of anilines is 1. The van der Waals surface area contributed by atoms with Gasteiger partial charge in [-0.1, -0.05) is 5.16 Å². The lowest BCUT2D eigenvalue weighted by atomic mass is 10.3. The van der Waals surface area contributed by atoms with Crippen molar-refractivity contribution in [1.29, 1.82) is 0 Å². The third-order valence-corrected chi connectivity index (χ3v) is 4.34. The quantitative estimate of drug-likeness (QED) is 0.242. The molecule has 11 nitrogen and oxygen atoms in total. The number of aromatic nitrogens is 4. The van der Waals surface area contributed by atoms with Crippen LogP contribution in [-0.2, 0) is 4.79 Å². The average Bonchev–Trinajstić information content (AvgIpc) is 3.26. The van der Waals surface area contributed by atoms with Gasteiger partial charge < -0.3 is 5.32 Å². The second-order valence-electron chi connectivity index (χ2n) is 4.83. The molecule has 0 aliphatic heterocycles. The fourth-order valence-corrected chi connectivity index (χ4v) is 2.75. The van der Waals surface area contributed by atoms with Crippen molar-refractivity contribution in [2.45, 2.75) is 0 Å². The molecule has 0 fully saturated rings. The predicted octanol–water partition coefficient (Wildman–Crippen LogP) is 1.09. The molecule has 0 bridgehead atoms. The smallest absolute Gasteiger partial charge is 0.364 e. The number of hydrogen-bond acceptors (Lipinski definition) is 10. The van der Waals surface area contributed by atoms with Crippen LogP contribution in [0.1, 0.15) is 0 Å². The molecule has 3 rings (SSSR count). The molecular weight excluding hydrogens is 449 g/mol. The first kappa shape index (κ1) is 19.1. The number of nitrogens with zero attached hydrogens (tertiary/aromatic N) is 4. The fourth-order valence-electron chi connectivity index (χ4n) is 2.05. The SMILES string of the molecule is O=CNSNCCNc1nonc1-c1noc(=O)n1-c1ccc(F)c(Br)c1. The zero-order chi connectivity index (χ0) is 19.2. The Kier molecular flexibility index (Phi) is 6.20. The summed E-state index contributed by atoms with van der Waals surface area (Å²) in [6, 6.07) is 3.99. The highest BCUT2D eigenvalue weighted by molar-refractivity contribution is 9.10. The molecule has 0 spiro atoms. The van der Waals surface area contributed by atoms with E-state index in [4.69, 9.17) is 9.15 Å². The van der Waals surface area contributed by atoms with Gasteiger partial charge in [0.05, 0.1) is 10.2 Å². The number of nitrogens with one attached hydrogen (secondary N) is 3. The van der Waals surface area contributed by atoms with Gasteiger partial charge in [-0.2, -0.15) is 0 Å². The zero-order valence-corrected chi connectivity index (χ0v) is 15.7. The van der Waals surface area contributed by atoms with E-state index in [0.29, 0.717) is 25.2 Å². The molecule has 1 aromatic carbocycles. The van der Waals surface area contributed by atoms with E-state index < -0.39 is 11.6 Å². The number of carbonyl (C=O) groups excluding carboxylic acids is 1.